The minimum absolute atomic E-state index is 0.0355. The lowest BCUT2D eigenvalue weighted by Crippen LogP contribution is -2.51. The molecule has 0 spiro atoms. The topological polar surface area (TPSA) is 69.6 Å². The Morgan fingerprint density at radius 2 is 1.83 bits per heavy atom. The maximum absolute atomic E-state index is 11.7. The molecule has 0 saturated heterocycles. The normalized spacial score (nSPS) is 15.1. The molecule has 0 aromatic heterocycles. The molecule has 106 valence electrons. The molecule has 2 unspecified atom stereocenters. The number of nitrogens with zero attached hydrogens (tertiary/aromatic N) is 1. The monoisotopic (exact) mass is 258 g/mol. The Labute approximate surface area is 110 Å². The summed E-state index contributed by atoms with van der Waals surface area (Å²) in [4.78, 5) is 24.2. The van der Waals surface area contributed by atoms with Gasteiger partial charge < -0.3 is 15.3 Å². The van der Waals surface area contributed by atoms with Crippen LogP contribution in [-0.4, -0.2) is 47.1 Å². The first-order valence-corrected chi connectivity index (χ1v) is 6.28. The highest BCUT2D eigenvalue weighted by Gasteiger charge is 2.29. The first-order valence-electron chi connectivity index (χ1n) is 6.28. The summed E-state index contributed by atoms with van der Waals surface area (Å²) in [5, 5.41) is 12.6. The van der Waals surface area contributed by atoms with Crippen molar-refractivity contribution in [1.29, 1.82) is 0 Å². The van der Waals surface area contributed by atoms with Crippen LogP contribution in [0.15, 0.2) is 0 Å². The van der Waals surface area contributed by atoms with E-state index in [1.54, 1.807) is 6.92 Å². The largest absolute Gasteiger partial charge is 0.381 e. The molecule has 0 rings (SSSR count). The molecule has 0 aliphatic carbocycles. The lowest BCUT2D eigenvalue weighted by Gasteiger charge is -2.33. The van der Waals surface area contributed by atoms with E-state index in [4.69, 9.17) is 0 Å². The van der Waals surface area contributed by atoms with Gasteiger partial charge in [0, 0.05) is 12.6 Å². The third-order valence-electron chi connectivity index (χ3n) is 2.47. The average Bonchev–Trinajstić information content (AvgIpc) is 2.21. The third kappa shape index (κ3) is 6.00. The number of aliphatic hydroxyl groups is 1. The summed E-state index contributed by atoms with van der Waals surface area (Å²) in [6, 6.07) is -0.577. The molecule has 2 atom stereocenters. The van der Waals surface area contributed by atoms with Crippen LogP contribution in [-0.2, 0) is 9.59 Å². The Bertz CT molecular complexity index is 284. The molecule has 0 aromatic carbocycles. The minimum Gasteiger partial charge on any atom is -0.381 e. The predicted octanol–water partition coefficient (Wildman–Crippen LogP) is 0.765. The fraction of sp³-hybridized carbons (Fsp3) is 0.846. The first kappa shape index (κ1) is 16.9. The molecule has 5 heteroatoms. The SMILES string of the molecule is CC(C)NC(=O)C(O)C(C)N(C=O)CC(C)(C)C. The van der Waals surface area contributed by atoms with E-state index in [0.29, 0.717) is 13.0 Å². The van der Waals surface area contributed by atoms with Gasteiger partial charge in [-0.05, 0) is 26.2 Å². The van der Waals surface area contributed by atoms with Crippen molar-refractivity contribution < 1.29 is 14.7 Å². The highest BCUT2D eigenvalue weighted by Crippen LogP contribution is 2.17. The zero-order valence-corrected chi connectivity index (χ0v) is 12.2. The van der Waals surface area contributed by atoms with Crippen LogP contribution < -0.4 is 5.32 Å². The number of amides is 2. The van der Waals surface area contributed by atoms with Crippen LogP contribution in [0, 0.1) is 5.41 Å². The van der Waals surface area contributed by atoms with E-state index in [-0.39, 0.29) is 11.5 Å². The van der Waals surface area contributed by atoms with Gasteiger partial charge >= 0.3 is 0 Å². The zero-order chi connectivity index (χ0) is 14.5. The predicted molar refractivity (Wildman–Crippen MR) is 71.0 cm³/mol. The van der Waals surface area contributed by atoms with E-state index in [0.717, 1.165) is 0 Å². The van der Waals surface area contributed by atoms with Crippen LogP contribution in [0.5, 0.6) is 0 Å². The summed E-state index contributed by atoms with van der Waals surface area (Å²) in [5.74, 6) is -0.446. The molecule has 0 aliphatic heterocycles. The summed E-state index contributed by atoms with van der Waals surface area (Å²) in [6.45, 7) is 11.8. The summed E-state index contributed by atoms with van der Waals surface area (Å²) in [5.41, 5.74) is -0.0799. The van der Waals surface area contributed by atoms with Crippen molar-refractivity contribution >= 4 is 12.3 Å². The quantitative estimate of drug-likeness (QED) is 0.691. The molecule has 0 radical (unpaired) electrons. The van der Waals surface area contributed by atoms with Gasteiger partial charge in [0.25, 0.3) is 5.91 Å². The van der Waals surface area contributed by atoms with Crippen molar-refractivity contribution in [3.05, 3.63) is 0 Å². The first-order chi connectivity index (χ1) is 8.08. The van der Waals surface area contributed by atoms with Crippen molar-refractivity contribution in [3.63, 3.8) is 0 Å². The Kier molecular flexibility index (Phi) is 6.32. The summed E-state index contributed by atoms with van der Waals surface area (Å²) < 4.78 is 0. The van der Waals surface area contributed by atoms with Crippen molar-refractivity contribution in [2.75, 3.05) is 6.54 Å². The number of hydrogen-bond acceptors (Lipinski definition) is 3. The van der Waals surface area contributed by atoms with Gasteiger partial charge in [-0.25, -0.2) is 0 Å². The molecule has 0 aromatic rings. The van der Waals surface area contributed by atoms with E-state index < -0.39 is 18.1 Å². The molecule has 0 bridgehead atoms. The van der Waals surface area contributed by atoms with Crippen LogP contribution >= 0.6 is 0 Å². The smallest absolute Gasteiger partial charge is 0.251 e. The maximum Gasteiger partial charge on any atom is 0.251 e. The van der Waals surface area contributed by atoms with Crippen LogP contribution in [0.25, 0.3) is 0 Å². The molecule has 0 saturated carbocycles. The van der Waals surface area contributed by atoms with Gasteiger partial charge in [-0.1, -0.05) is 20.8 Å². The fourth-order valence-corrected chi connectivity index (χ4v) is 1.60. The van der Waals surface area contributed by atoms with Crippen molar-refractivity contribution in [2.45, 2.75) is 59.7 Å². The lowest BCUT2D eigenvalue weighted by atomic mass is 9.95. The van der Waals surface area contributed by atoms with Gasteiger partial charge in [0.05, 0.1) is 6.04 Å². The van der Waals surface area contributed by atoms with E-state index in [2.05, 4.69) is 5.32 Å². The van der Waals surface area contributed by atoms with Crippen molar-refractivity contribution in [2.24, 2.45) is 5.41 Å². The van der Waals surface area contributed by atoms with E-state index in [9.17, 15) is 14.7 Å². The Hall–Kier alpha value is -1.10. The van der Waals surface area contributed by atoms with Crippen LogP contribution in [0.1, 0.15) is 41.5 Å². The molecular weight excluding hydrogens is 232 g/mol. The molecular formula is C13H26N2O3. The van der Waals surface area contributed by atoms with E-state index in [1.807, 2.05) is 34.6 Å². The molecule has 18 heavy (non-hydrogen) atoms. The minimum atomic E-state index is -1.21. The summed E-state index contributed by atoms with van der Waals surface area (Å²) >= 11 is 0. The molecule has 0 heterocycles. The molecule has 2 N–H and O–H groups in total. The van der Waals surface area contributed by atoms with Gasteiger partial charge in [0.1, 0.15) is 0 Å². The molecule has 0 fully saturated rings. The number of carbonyl (C=O) groups excluding carboxylic acids is 2. The van der Waals surface area contributed by atoms with Gasteiger partial charge in [0.2, 0.25) is 6.41 Å². The van der Waals surface area contributed by atoms with E-state index in [1.165, 1.54) is 4.90 Å². The molecule has 2 amide bonds. The lowest BCUT2D eigenvalue weighted by molar-refractivity contribution is -0.136. The Morgan fingerprint density at radius 1 is 1.33 bits per heavy atom. The second-order valence-corrected chi connectivity index (χ2v) is 6.19. The second kappa shape index (κ2) is 6.73. The fourth-order valence-electron chi connectivity index (χ4n) is 1.60. The number of aliphatic hydroxyl groups excluding tert-OH is 1. The van der Waals surface area contributed by atoms with Crippen LogP contribution in [0.3, 0.4) is 0 Å². The number of hydrogen-bond donors (Lipinski definition) is 2. The summed E-state index contributed by atoms with van der Waals surface area (Å²) in [6.07, 6.45) is -0.526. The van der Waals surface area contributed by atoms with Gasteiger partial charge in [-0.2, -0.15) is 0 Å². The summed E-state index contributed by atoms with van der Waals surface area (Å²) in [7, 11) is 0. The third-order valence-corrected chi connectivity index (χ3v) is 2.47. The Balaban J connectivity index is 4.63. The maximum atomic E-state index is 11.7. The number of carbonyl (C=O) groups is 2. The van der Waals surface area contributed by atoms with E-state index >= 15 is 0 Å². The van der Waals surface area contributed by atoms with Crippen LogP contribution in [0.4, 0.5) is 0 Å². The second-order valence-electron chi connectivity index (χ2n) is 6.19. The van der Waals surface area contributed by atoms with Gasteiger partial charge in [0.15, 0.2) is 6.10 Å². The number of rotatable bonds is 6. The van der Waals surface area contributed by atoms with Crippen molar-refractivity contribution in [3.8, 4) is 0 Å². The van der Waals surface area contributed by atoms with Crippen LogP contribution in [0.2, 0.25) is 0 Å². The standard InChI is InChI=1S/C13H26N2O3/c1-9(2)14-12(18)11(17)10(3)15(8-16)7-13(4,5)6/h8-11,17H,7H2,1-6H3,(H,14,18). The van der Waals surface area contributed by atoms with Gasteiger partial charge in [-0.3, -0.25) is 9.59 Å². The molecule has 0 aliphatic rings. The zero-order valence-electron chi connectivity index (χ0n) is 12.2. The highest BCUT2D eigenvalue weighted by molar-refractivity contribution is 5.81. The highest BCUT2D eigenvalue weighted by atomic mass is 16.3. The molecule has 5 nitrogen and oxygen atoms in total. The van der Waals surface area contributed by atoms with Crippen molar-refractivity contribution in [1.82, 2.24) is 10.2 Å². The average molecular weight is 258 g/mol. The Morgan fingerprint density at radius 3 is 2.17 bits per heavy atom. The number of nitrogens with one attached hydrogen (secondary N) is 1. The van der Waals surface area contributed by atoms with Gasteiger partial charge in [-0.15, -0.1) is 0 Å².